The molecule has 1 saturated heterocycles. The maximum Gasteiger partial charge on any atom is 0.254 e. The van der Waals surface area contributed by atoms with Gasteiger partial charge in [-0.3, -0.25) is 9.20 Å². The highest BCUT2D eigenvalue weighted by molar-refractivity contribution is 5.95. The van der Waals surface area contributed by atoms with Gasteiger partial charge in [-0.15, -0.1) is 10.2 Å². The maximum absolute atomic E-state index is 13.3. The number of likely N-dealkylation sites (tertiary alicyclic amines) is 1. The molecule has 156 valence electrons. The van der Waals surface area contributed by atoms with Gasteiger partial charge in [-0.1, -0.05) is 42.5 Å². The highest BCUT2D eigenvalue weighted by Gasteiger charge is 2.28. The zero-order chi connectivity index (χ0) is 21.0. The van der Waals surface area contributed by atoms with E-state index in [1.807, 2.05) is 83.9 Å². The molecule has 4 aromatic rings. The quantitative estimate of drug-likeness (QED) is 0.490. The predicted octanol–water partition coefficient (Wildman–Crippen LogP) is 4.33. The Kier molecular flexibility index (Phi) is 5.35. The Hall–Kier alpha value is -3.67. The average Bonchev–Trinajstić information content (AvgIpc) is 3.27. The molecule has 0 saturated carbocycles. The minimum Gasteiger partial charge on any atom is -0.489 e. The van der Waals surface area contributed by atoms with Crippen LogP contribution in [-0.2, 0) is 6.61 Å². The van der Waals surface area contributed by atoms with Crippen molar-refractivity contribution in [2.24, 2.45) is 0 Å². The Labute approximate surface area is 181 Å². The first kappa shape index (κ1) is 19.3. The van der Waals surface area contributed by atoms with Crippen LogP contribution in [0.15, 0.2) is 79.0 Å². The summed E-state index contributed by atoms with van der Waals surface area (Å²) in [5.74, 6) is 2.15. The summed E-state index contributed by atoms with van der Waals surface area (Å²) in [4.78, 5) is 15.2. The van der Waals surface area contributed by atoms with E-state index in [9.17, 15) is 4.79 Å². The number of pyridine rings is 1. The van der Waals surface area contributed by atoms with Gasteiger partial charge in [-0.25, -0.2) is 0 Å². The van der Waals surface area contributed by atoms with Crippen LogP contribution in [0.2, 0.25) is 0 Å². The second kappa shape index (κ2) is 8.60. The van der Waals surface area contributed by atoms with E-state index in [0.29, 0.717) is 31.2 Å². The number of benzene rings is 2. The van der Waals surface area contributed by atoms with Crippen LogP contribution in [-0.4, -0.2) is 38.5 Å². The van der Waals surface area contributed by atoms with Crippen LogP contribution in [0.3, 0.4) is 0 Å². The van der Waals surface area contributed by atoms with Crippen molar-refractivity contribution in [3.05, 3.63) is 95.9 Å². The van der Waals surface area contributed by atoms with Crippen molar-refractivity contribution in [2.75, 3.05) is 13.1 Å². The Balaban J connectivity index is 1.26. The van der Waals surface area contributed by atoms with Crippen LogP contribution in [0, 0.1) is 0 Å². The first-order valence-corrected chi connectivity index (χ1v) is 10.6. The summed E-state index contributed by atoms with van der Waals surface area (Å²) in [6.07, 6.45) is 3.76. The Bertz CT molecular complexity index is 1180. The van der Waals surface area contributed by atoms with Crippen molar-refractivity contribution in [3.63, 3.8) is 0 Å². The van der Waals surface area contributed by atoms with Gasteiger partial charge < -0.3 is 9.64 Å². The summed E-state index contributed by atoms with van der Waals surface area (Å²) < 4.78 is 7.94. The molecule has 6 nitrogen and oxygen atoms in total. The Morgan fingerprint density at radius 1 is 0.903 bits per heavy atom. The summed E-state index contributed by atoms with van der Waals surface area (Å²) >= 11 is 0. The van der Waals surface area contributed by atoms with Gasteiger partial charge >= 0.3 is 0 Å². The molecule has 0 spiro atoms. The van der Waals surface area contributed by atoms with Gasteiger partial charge in [-0.2, -0.15) is 0 Å². The van der Waals surface area contributed by atoms with Crippen molar-refractivity contribution in [3.8, 4) is 5.75 Å². The Morgan fingerprint density at radius 3 is 2.48 bits per heavy atom. The molecule has 0 unspecified atom stereocenters. The van der Waals surface area contributed by atoms with Crippen LogP contribution in [0.5, 0.6) is 5.75 Å². The molecule has 0 bridgehead atoms. The van der Waals surface area contributed by atoms with E-state index in [-0.39, 0.29) is 5.91 Å². The number of ether oxygens (including phenoxy) is 1. The van der Waals surface area contributed by atoms with Crippen LogP contribution in [0.4, 0.5) is 0 Å². The smallest absolute Gasteiger partial charge is 0.254 e. The first-order chi connectivity index (χ1) is 15.3. The van der Waals surface area contributed by atoms with E-state index in [1.165, 1.54) is 0 Å². The van der Waals surface area contributed by atoms with E-state index in [2.05, 4.69) is 14.6 Å². The molecule has 2 aromatic carbocycles. The minimum atomic E-state index is 0.0665. The van der Waals surface area contributed by atoms with Gasteiger partial charge in [0.2, 0.25) is 0 Å². The molecule has 0 N–H and O–H groups in total. The lowest BCUT2D eigenvalue weighted by atomic mass is 9.95. The lowest BCUT2D eigenvalue weighted by Crippen LogP contribution is -2.38. The van der Waals surface area contributed by atoms with Gasteiger partial charge in [0.15, 0.2) is 5.65 Å². The third-order valence-electron chi connectivity index (χ3n) is 5.87. The molecule has 2 aromatic heterocycles. The third kappa shape index (κ3) is 4.01. The standard InChI is InChI=1S/C25H24N4O2/c30-25(22-11-5-4-8-20(22)18-31-21-9-2-1-3-10-21)28-16-13-19(14-17-28)24-27-26-23-12-6-7-15-29(23)24/h1-12,15,19H,13-14,16-18H2. The topological polar surface area (TPSA) is 59.7 Å². The number of carbonyl (C=O) groups excluding carboxylic acids is 1. The van der Waals surface area contributed by atoms with Crippen LogP contribution >= 0.6 is 0 Å². The molecule has 6 heteroatoms. The van der Waals surface area contributed by atoms with Gasteiger partial charge in [0, 0.05) is 36.3 Å². The van der Waals surface area contributed by atoms with E-state index in [0.717, 1.165) is 35.6 Å². The summed E-state index contributed by atoms with van der Waals surface area (Å²) in [7, 11) is 0. The van der Waals surface area contributed by atoms with Crippen molar-refractivity contribution in [2.45, 2.75) is 25.4 Å². The molecule has 0 atom stereocenters. The van der Waals surface area contributed by atoms with E-state index < -0.39 is 0 Å². The van der Waals surface area contributed by atoms with E-state index >= 15 is 0 Å². The van der Waals surface area contributed by atoms with Crippen LogP contribution in [0.1, 0.15) is 40.5 Å². The molecule has 0 radical (unpaired) electrons. The fraction of sp³-hybridized carbons (Fsp3) is 0.240. The number of aromatic nitrogens is 3. The molecule has 1 fully saturated rings. The zero-order valence-corrected chi connectivity index (χ0v) is 17.2. The second-order valence-electron chi connectivity index (χ2n) is 7.81. The number of hydrogen-bond acceptors (Lipinski definition) is 4. The molecule has 3 heterocycles. The SMILES string of the molecule is O=C(c1ccccc1COc1ccccc1)N1CCC(c2nnc3ccccn23)CC1. The van der Waals surface area contributed by atoms with Gasteiger partial charge in [0.05, 0.1) is 0 Å². The number of carbonyl (C=O) groups is 1. The number of para-hydroxylation sites is 1. The van der Waals surface area contributed by atoms with Crippen molar-refractivity contribution in [1.82, 2.24) is 19.5 Å². The first-order valence-electron chi connectivity index (χ1n) is 10.6. The number of piperidine rings is 1. The average molecular weight is 412 g/mol. The fourth-order valence-electron chi connectivity index (χ4n) is 4.18. The highest BCUT2D eigenvalue weighted by Crippen LogP contribution is 2.28. The lowest BCUT2D eigenvalue weighted by Gasteiger charge is -2.31. The minimum absolute atomic E-state index is 0.0665. The van der Waals surface area contributed by atoms with E-state index in [1.54, 1.807) is 0 Å². The summed E-state index contributed by atoms with van der Waals surface area (Å²) in [6, 6.07) is 23.3. The fourth-order valence-corrected chi connectivity index (χ4v) is 4.18. The molecule has 1 aliphatic rings. The molecule has 1 amide bonds. The molecule has 31 heavy (non-hydrogen) atoms. The molecular weight excluding hydrogens is 388 g/mol. The molecule has 1 aliphatic heterocycles. The number of hydrogen-bond donors (Lipinski definition) is 0. The lowest BCUT2D eigenvalue weighted by molar-refractivity contribution is 0.0708. The van der Waals surface area contributed by atoms with Crippen LogP contribution in [0.25, 0.3) is 5.65 Å². The van der Waals surface area contributed by atoms with E-state index in [4.69, 9.17) is 4.74 Å². The largest absolute Gasteiger partial charge is 0.489 e. The van der Waals surface area contributed by atoms with Crippen molar-refractivity contribution >= 4 is 11.6 Å². The number of rotatable bonds is 5. The molecular formula is C25H24N4O2. The molecule has 5 rings (SSSR count). The van der Waals surface area contributed by atoms with Crippen molar-refractivity contribution < 1.29 is 9.53 Å². The number of fused-ring (bicyclic) bond motifs is 1. The summed E-state index contributed by atoms with van der Waals surface area (Å²) in [6.45, 7) is 1.78. The molecule has 0 aliphatic carbocycles. The third-order valence-corrected chi connectivity index (χ3v) is 5.87. The normalized spacial score (nSPS) is 14.6. The monoisotopic (exact) mass is 412 g/mol. The van der Waals surface area contributed by atoms with Crippen LogP contribution < -0.4 is 4.74 Å². The number of nitrogens with zero attached hydrogens (tertiary/aromatic N) is 4. The van der Waals surface area contributed by atoms with Gasteiger partial charge in [-0.05, 0) is 43.2 Å². The maximum atomic E-state index is 13.3. The van der Waals surface area contributed by atoms with Crippen molar-refractivity contribution in [1.29, 1.82) is 0 Å². The number of amides is 1. The second-order valence-corrected chi connectivity index (χ2v) is 7.81. The highest BCUT2D eigenvalue weighted by atomic mass is 16.5. The van der Waals surface area contributed by atoms with Gasteiger partial charge in [0.1, 0.15) is 18.2 Å². The van der Waals surface area contributed by atoms with Gasteiger partial charge in [0.25, 0.3) is 5.91 Å². The Morgan fingerprint density at radius 2 is 1.65 bits per heavy atom. The summed E-state index contributed by atoms with van der Waals surface area (Å²) in [5.41, 5.74) is 2.48. The zero-order valence-electron chi connectivity index (χ0n) is 17.2. The predicted molar refractivity (Wildman–Crippen MR) is 118 cm³/mol. The summed E-state index contributed by atoms with van der Waals surface area (Å²) in [5, 5.41) is 8.68.